The topological polar surface area (TPSA) is 86.8 Å². The number of hydrogen-bond acceptors (Lipinski definition) is 4. The van der Waals surface area contributed by atoms with E-state index in [-0.39, 0.29) is 23.0 Å². The van der Waals surface area contributed by atoms with Crippen molar-refractivity contribution in [3.63, 3.8) is 0 Å². The molecule has 0 unspecified atom stereocenters. The van der Waals surface area contributed by atoms with Crippen LogP contribution in [0.3, 0.4) is 0 Å². The second-order valence-electron chi connectivity index (χ2n) is 8.15. The summed E-state index contributed by atoms with van der Waals surface area (Å²) in [7, 11) is -2.67. The van der Waals surface area contributed by atoms with Gasteiger partial charge < -0.3 is 10.2 Å². The van der Waals surface area contributed by atoms with Gasteiger partial charge in [0, 0.05) is 23.6 Å². The lowest BCUT2D eigenvalue weighted by Gasteiger charge is -2.32. The zero-order valence-electron chi connectivity index (χ0n) is 20.1. The normalized spacial score (nSPS) is 12.0. The number of nitrogens with zero attached hydrogens (tertiary/aromatic N) is 2. The number of halogens is 2. The summed E-state index contributed by atoms with van der Waals surface area (Å²) in [5.41, 5.74) is 1.48. The van der Waals surface area contributed by atoms with Crippen LogP contribution in [0.2, 0.25) is 10.0 Å². The predicted molar refractivity (Wildman–Crippen MR) is 143 cm³/mol. The molecule has 0 bridgehead atoms. The molecule has 0 spiro atoms. The molecular weight excluding hydrogens is 521 g/mol. The summed E-state index contributed by atoms with van der Waals surface area (Å²) >= 11 is 12.4. The highest BCUT2D eigenvalue weighted by molar-refractivity contribution is 7.92. The lowest BCUT2D eigenvalue weighted by Crippen LogP contribution is -2.50. The molecular formula is C26H27Cl2N3O4S. The molecule has 0 aliphatic heterocycles. The van der Waals surface area contributed by atoms with E-state index < -0.39 is 28.5 Å². The number of likely N-dealkylation sites (N-methyl/N-ethyl adjacent to an activating group) is 1. The maximum absolute atomic E-state index is 13.7. The fourth-order valence-electron chi connectivity index (χ4n) is 3.72. The smallest absolute Gasteiger partial charge is 0.264 e. The van der Waals surface area contributed by atoms with Gasteiger partial charge in [0.05, 0.1) is 10.6 Å². The van der Waals surface area contributed by atoms with Gasteiger partial charge in [0.1, 0.15) is 12.6 Å². The highest BCUT2D eigenvalue weighted by Gasteiger charge is 2.33. The first kappa shape index (κ1) is 27.5. The summed E-state index contributed by atoms with van der Waals surface area (Å²) < 4.78 is 28.5. The van der Waals surface area contributed by atoms with Crippen LogP contribution in [0.25, 0.3) is 0 Å². The third-order valence-corrected chi connectivity index (χ3v) is 8.19. The number of amides is 2. The van der Waals surface area contributed by atoms with E-state index in [0.29, 0.717) is 21.2 Å². The Bertz CT molecular complexity index is 1350. The fourth-order valence-corrected chi connectivity index (χ4v) is 5.60. The summed E-state index contributed by atoms with van der Waals surface area (Å²) in [4.78, 5) is 27.6. The molecule has 0 aliphatic rings. The van der Waals surface area contributed by atoms with Gasteiger partial charge in [-0.25, -0.2) is 8.42 Å². The second kappa shape index (κ2) is 11.8. The molecule has 0 saturated heterocycles. The Kier molecular flexibility index (Phi) is 9.00. The minimum absolute atomic E-state index is 0.0258. The number of hydrogen-bond donors (Lipinski definition) is 1. The number of benzene rings is 3. The summed E-state index contributed by atoms with van der Waals surface area (Å²) in [6, 6.07) is 18.8. The van der Waals surface area contributed by atoms with Crippen molar-refractivity contribution in [1.82, 2.24) is 10.2 Å². The Morgan fingerprint density at radius 2 is 1.64 bits per heavy atom. The molecule has 2 amide bonds. The van der Waals surface area contributed by atoms with Gasteiger partial charge in [-0.1, -0.05) is 59.6 Å². The quantitative estimate of drug-likeness (QED) is 0.422. The third kappa shape index (κ3) is 6.19. The molecule has 3 aromatic carbocycles. The van der Waals surface area contributed by atoms with Crippen molar-refractivity contribution in [2.24, 2.45) is 0 Å². The van der Waals surface area contributed by atoms with Gasteiger partial charge in [0.2, 0.25) is 11.8 Å². The third-order valence-electron chi connectivity index (χ3n) is 5.77. The Labute approximate surface area is 221 Å². The maximum Gasteiger partial charge on any atom is 0.264 e. The molecule has 190 valence electrons. The minimum atomic E-state index is -4.15. The van der Waals surface area contributed by atoms with E-state index in [9.17, 15) is 18.0 Å². The zero-order chi connectivity index (χ0) is 26.5. The van der Waals surface area contributed by atoms with E-state index in [0.717, 1.165) is 4.31 Å². The molecule has 10 heteroatoms. The molecule has 0 aliphatic carbocycles. The molecule has 0 heterocycles. The van der Waals surface area contributed by atoms with Crippen molar-refractivity contribution in [2.75, 3.05) is 17.9 Å². The van der Waals surface area contributed by atoms with Gasteiger partial charge in [-0.3, -0.25) is 13.9 Å². The summed E-state index contributed by atoms with van der Waals surface area (Å²) in [5, 5.41) is 3.39. The monoisotopic (exact) mass is 547 g/mol. The number of anilines is 1. The molecule has 0 fully saturated rings. The van der Waals surface area contributed by atoms with Crippen LogP contribution in [0.5, 0.6) is 0 Å². The average molecular weight is 548 g/mol. The van der Waals surface area contributed by atoms with Crippen LogP contribution in [0.15, 0.2) is 77.7 Å². The molecule has 7 nitrogen and oxygen atoms in total. The standard InChI is InChI=1S/C26H27Cl2N3O4S/c1-18-23(28)13-8-14-24(18)31(36(34,35)22-11-5-4-6-12-22)17-25(32)30(19(2)26(33)29-3)16-20-9-7-10-21(27)15-20/h4-15,19H,16-17H2,1-3H3,(H,29,33)/t19-/m0/s1. The van der Waals surface area contributed by atoms with Gasteiger partial charge >= 0.3 is 0 Å². The van der Waals surface area contributed by atoms with Gasteiger partial charge in [-0.2, -0.15) is 0 Å². The molecule has 1 atom stereocenters. The van der Waals surface area contributed by atoms with Crippen LogP contribution in [0, 0.1) is 6.92 Å². The number of sulfonamides is 1. The first-order valence-corrected chi connectivity index (χ1v) is 13.3. The average Bonchev–Trinajstić information content (AvgIpc) is 2.87. The second-order valence-corrected chi connectivity index (χ2v) is 10.9. The van der Waals surface area contributed by atoms with Crippen LogP contribution in [0.1, 0.15) is 18.1 Å². The summed E-state index contributed by atoms with van der Waals surface area (Å²) in [6.45, 7) is 2.79. The largest absolute Gasteiger partial charge is 0.357 e. The summed E-state index contributed by atoms with van der Waals surface area (Å²) in [5.74, 6) is -0.952. The Hall–Kier alpha value is -3.07. The molecule has 3 rings (SSSR count). The molecule has 1 N–H and O–H groups in total. The van der Waals surface area contributed by atoms with Gasteiger partial charge in [0.15, 0.2) is 0 Å². The highest BCUT2D eigenvalue weighted by Crippen LogP contribution is 2.31. The summed E-state index contributed by atoms with van der Waals surface area (Å²) in [6.07, 6.45) is 0. The van der Waals surface area contributed by atoms with E-state index in [4.69, 9.17) is 23.2 Å². The molecule has 0 aromatic heterocycles. The fraction of sp³-hybridized carbons (Fsp3) is 0.231. The number of carbonyl (C=O) groups excluding carboxylic acids is 2. The van der Waals surface area contributed by atoms with E-state index >= 15 is 0 Å². The van der Waals surface area contributed by atoms with E-state index in [1.807, 2.05) is 0 Å². The molecule has 3 aromatic rings. The first-order valence-electron chi connectivity index (χ1n) is 11.1. The van der Waals surface area contributed by atoms with Crippen LogP contribution < -0.4 is 9.62 Å². The molecule has 0 radical (unpaired) electrons. The van der Waals surface area contributed by atoms with Crippen LogP contribution >= 0.6 is 23.2 Å². The van der Waals surface area contributed by atoms with Crippen molar-refractivity contribution < 1.29 is 18.0 Å². The number of carbonyl (C=O) groups is 2. The minimum Gasteiger partial charge on any atom is -0.357 e. The lowest BCUT2D eigenvalue weighted by molar-refractivity contribution is -0.139. The first-order chi connectivity index (χ1) is 17.1. The van der Waals surface area contributed by atoms with Crippen molar-refractivity contribution in [3.8, 4) is 0 Å². The zero-order valence-corrected chi connectivity index (χ0v) is 22.4. The van der Waals surface area contributed by atoms with Crippen molar-refractivity contribution in [2.45, 2.75) is 31.3 Å². The number of rotatable bonds is 9. The highest BCUT2D eigenvalue weighted by atomic mass is 35.5. The van der Waals surface area contributed by atoms with Crippen molar-refractivity contribution in [3.05, 3.63) is 94.0 Å². The van der Waals surface area contributed by atoms with E-state index in [1.54, 1.807) is 74.5 Å². The van der Waals surface area contributed by atoms with Crippen molar-refractivity contribution in [1.29, 1.82) is 0 Å². The van der Waals surface area contributed by atoms with Crippen LogP contribution in [0.4, 0.5) is 5.69 Å². The SMILES string of the molecule is CNC(=O)[C@H](C)N(Cc1cccc(Cl)c1)C(=O)CN(c1cccc(Cl)c1C)S(=O)(=O)c1ccccc1. The molecule has 0 saturated carbocycles. The Morgan fingerprint density at radius 3 is 2.28 bits per heavy atom. The van der Waals surface area contributed by atoms with E-state index in [1.165, 1.54) is 24.1 Å². The van der Waals surface area contributed by atoms with Crippen LogP contribution in [-0.4, -0.2) is 44.8 Å². The Morgan fingerprint density at radius 1 is 0.972 bits per heavy atom. The lowest BCUT2D eigenvalue weighted by atomic mass is 10.1. The van der Waals surface area contributed by atoms with E-state index in [2.05, 4.69) is 5.32 Å². The predicted octanol–water partition coefficient (Wildman–Crippen LogP) is 4.66. The van der Waals surface area contributed by atoms with Gasteiger partial charge in [0.25, 0.3) is 10.0 Å². The van der Waals surface area contributed by atoms with Crippen molar-refractivity contribution >= 4 is 50.7 Å². The van der Waals surface area contributed by atoms with Crippen LogP contribution in [-0.2, 0) is 26.2 Å². The Balaban J connectivity index is 2.07. The van der Waals surface area contributed by atoms with Gasteiger partial charge in [-0.05, 0) is 61.4 Å². The maximum atomic E-state index is 13.7. The number of nitrogens with one attached hydrogen (secondary N) is 1. The molecule has 36 heavy (non-hydrogen) atoms. The van der Waals surface area contributed by atoms with Gasteiger partial charge in [-0.15, -0.1) is 0 Å².